The summed E-state index contributed by atoms with van der Waals surface area (Å²) in [6, 6.07) is 0. The fourth-order valence-corrected chi connectivity index (χ4v) is 2.57. The van der Waals surface area contributed by atoms with Crippen LogP contribution < -0.4 is 5.73 Å². The third kappa shape index (κ3) is 1.79. The molecule has 1 unspecified atom stereocenters. The number of terminal acetylenes is 1. The Labute approximate surface area is 125 Å². The molecular weight excluding hydrogens is 295 g/mol. The van der Waals surface area contributed by atoms with Crippen LogP contribution in [0.5, 0.6) is 0 Å². The molecule has 0 spiro atoms. The number of aromatic nitrogens is 3. The fraction of sp³-hybridized carbons (Fsp3) is 0.385. The number of aliphatic hydroxyl groups excluding tert-OH is 2. The van der Waals surface area contributed by atoms with E-state index in [-0.39, 0.29) is 16.9 Å². The molecule has 8 nitrogen and oxygen atoms in total. The highest BCUT2D eigenvalue weighted by Gasteiger charge is 2.55. The number of halogens is 1. The number of hydrogen-bond donors (Lipinski definition) is 4. The second kappa shape index (κ2) is 4.89. The second-order valence-electron chi connectivity index (χ2n) is 4.95. The first-order valence-electron chi connectivity index (χ1n) is 6.81. The van der Waals surface area contributed by atoms with E-state index in [4.69, 9.17) is 11.8 Å². The van der Waals surface area contributed by atoms with Crippen LogP contribution in [-0.4, -0.2) is 54.3 Å². The summed E-state index contributed by atoms with van der Waals surface area (Å²) in [6.07, 6.45) is -0.318. The second-order valence-corrected chi connectivity index (χ2v) is 4.95. The van der Waals surface area contributed by atoms with E-state index in [1.807, 2.05) is 0 Å². The zero-order valence-electron chi connectivity index (χ0n) is 12.1. The lowest BCUT2D eigenvalue weighted by Gasteiger charge is -2.26. The van der Waals surface area contributed by atoms with Crippen LogP contribution in [0.15, 0.2) is 12.5 Å². The quantitative estimate of drug-likeness (QED) is 0.511. The SMILES string of the molecule is [2H]C#C[C@]1(O)C(n2cc(F)c3c(N)ncnc32)O[C@H](CO)[C@H]1O. The van der Waals surface area contributed by atoms with Gasteiger partial charge in [-0.1, -0.05) is 5.92 Å². The van der Waals surface area contributed by atoms with Gasteiger partial charge in [0.1, 0.15) is 25.7 Å². The molecule has 1 aliphatic rings. The highest BCUT2D eigenvalue weighted by molar-refractivity contribution is 5.86. The Bertz CT molecular complexity index is 819. The molecule has 1 fully saturated rings. The average Bonchev–Trinajstić information content (AvgIpc) is 2.97. The Hall–Kier alpha value is -2.25. The molecule has 116 valence electrons. The molecule has 0 saturated carbocycles. The molecule has 5 N–H and O–H groups in total. The van der Waals surface area contributed by atoms with E-state index in [2.05, 4.69) is 15.9 Å². The lowest BCUT2D eigenvalue weighted by molar-refractivity contribution is -0.0720. The van der Waals surface area contributed by atoms with Gasteiger partial charge in [0.15, 0.2) is 23.3 Å². The van der Waals surface area contributed by atoms with Crippen LogP contribution in [0.4, 0.5) is 10.2 Å². The lowest BCUT2D eigenvalue weighted by Crippen LogP contribution is -2.45. The molecule has 1 aliphatic heterocycles. The van der Waals surface area contributed by atoms with Crippen LogP contribution in [0, 0.1) is 18.1 Å². The summed E-state index contributed by atoms with van der Waals surface area (Å²) in [4.78, 5) is 7.60. The van der Waals surface area contributed by atoms with Gasteiger partial charge in [-0.15, -0.1) is 6.40 Å². The number of hydrogen-bond acceptors (Lipinski definition) is 7. The number of nitrogen functional groups attached to an aromatic ring is 1. The Morgan fingerprint density at radius 2 is 2.41 bits per heavy atom. The molecule has 22 heavy (non-hydrogen) atoms. The predicted octanol–water partition coefficient (Wildman–Crippen LogP) is -1.23. The van der Waals surface area contributed by atoms with Crippen molar-refractivity contribution in [3.8, 4) is 12.3 Å². The van der Waals surface area contributed by atoms with Crippen LogP contribution >= 0.6 is 0 Å². The minimum Gasteiger partial charge on any atom is -0.394 e. The fourth-order valence-electron chi connectivity index (χ4n) is 2.57. The standard InChI is InChI=1S/C13H13FN4O4/c1-2-13(21)9(20)7(4-19)22-12(13)18-3-6(14)8-10(15)16-5-17-11(8)18/h1,3,5,7,9,12,19-21H,4H2,(H2,15,16,17)/t7-,9-,12?,13-/m1/s1/i1D. The number of anilines is 1. The van der Waals surface area contributed by atoms with Gasteiger partial charge in [-0.3, -0.25) is 4.57 Å². The van der Waals surface area contributed by atoms with Crippen molar-refractivity contribution in [2.24, 2.45) is 0 Å². The predicted molar refractivity (Wildman–Crippen MR) is 72.7 cm³/mol. The number of aliphatic hydroxyl groups is 3. The van der Waals surface area contributed by atoms with Gasteiger partial charge in [-0.25, -0.2) is 14.4 Å². The van der Waals surface area contributed by atoms with Crippen LogP contribution in [0.25, 0.3) is 11.0 Å². The first-order chi connectivity index (χ1) is 10.9. The molecule has 2 aromatic heterocycles. The number of fused-ring (bicyclic) bond motifs is 1. The minimum absolute atomic E-state index is 0.0241. The molecule has 3 rings (SSSR count). The third-order valence-electron chi connectivity index (χ3n) is 3.71. The van der Waals surface area contributed by atoms with Gasteiger partial charge in [0, 0.05) is 6.20 Å². The summed E-state index contributed by atoms with van der Waals surface area (Å²) in [7, 11) is 0. The van der Waals surface area contributed by atoms with Crippen molar-refractivity contribution >= 4 is 16.9 Å². The van der Waals surface area contributed by atoms with Gasteiger partial charge < -0.3 is 25.8 Å². The van der Waals surface area contributed by atoms with Crippen LogP contribution in [0.3, 0.4) is 0 Å². The van der Waals surface area contributed by atoms with Crippen molar-refractivity contribution < 1.29 is 25.8 Å². The lowest BCUT2D eigenvalue weighted by atomic mass is 9.95. The molecule has 2 aromatic rings. The maximum atomic E-state index is 14.1. The first-order valence-corrected chi connectivity index (χ1v) is 6.31. The van der Waals surface area contributed by atoms with Crippen LogP contribution in [0.1, 0.15) is 7.60 Å². The zero-order chi connectivity index (χ0) is 16.8. The van der Waals surface area contributed by atoms with E-state index in [1.54, 1.807) is 6.40 Å². The molecule has 9 heteroatoms. The van der Waals surface area contributed by atoms with Crippen molar-refractivity contribution in [3.63, 3.8) is 0 Å². The molecule has 4 atom stereocenters. The van der Waals surface area contributed by atoms with E-state index in [0.29, 0.717) is 0 Å². The molecule has 0 bridgehead atoms. The number of nitrogens with zero attached hydrogens (tertiary/aromatic N) is 3. The molecule has 0 aliphatic carbocycles. The maximum absolute atomic E-state index is 14.1. The van der Waals surface area contributed by atoms with Crippen LogP contribution in [0.2, 0.25) is 0 Å². The summed E-state index contributed by atoms with van der Waals surface area (Å²) in [6.45, 7) is -0.599. The average molecular weight is 309 g/mol. The highest BCUT2D eigenvalue weighted by Crippen LogP contribution is 2.40. The molecule has 0 radical (unpaired) electrons. The Kier molecular flexibility index (Phi) is 2.98. The van der Waals surface area contributed by atoms with Crippen molar-refractivity contribution in [2.45, 2.75) is 24.0 Å². The molecule has 0 aromatic carbocycles. The topological polar surface area (TPSA) is 127 Å². The van der Waals surface area contributed by atoms with Gasteiger partial charge in [-0.05, 0) is 0 Å². The van der Waals surface area contributed by atoms with Crippen LogP contribution in [-0.2, 0) is 4.74 Å². The first kappa shape index (κ1) is 13.4. The minimum atomic E-state index is -2.23. The van der Waals surface area contributed by atoms with E-state index in [0.717, 1.165) is 17.1 Å². The van der Waals surface area contributed by atoms with Gasteiger partial charge in [0.05, 0.1) is 12.0 Å². The van der Waals surface area contributed by atoms with Crippen molar-refractivity contribution in [1.82, 2.24) is 14.5 Å². The van der Waals surface area contributed by atoms with Gasteiger partial charge in [0.2, 0.25) is 0 Å². The Balaban J connectivity index is 2.20. The van der Waals surface area contributed by atoms with Gasteiger partial charge >= 0.3 is 0 Å². The Morgan fingerprint density at radius 1 is 1.64 bits per heavy atom. The third-order valence-corrected chi connectivity index (χ3v) is 3.71. The highest BCUT2D eigenvalue weighted by atomic mass is 19.1. The molecule has 1 saturated heterocycles. The Morgan fingerprint density at radius 3 is 3.09 bits per heavy atom. The summed E-state index contributed by atoms with van der Waals surface area (Å²) < 4.78 is 27.6. The summed E-state index contributed by atoms with van der Waals surface area (Å²) in [5, 5.41) is 29.9. The summed E-state index contributed by atoms with van der Waals surface area (Å²) in [5.74, 6) is 1.30. The smallest absolute Gasteiger partial charge is 0.199 e. The van der Waals surface area contributed by atoms with Crippen molar-refractivity contribution in [3.05, 3.63) is 18.3 Å². The molecule has 3 heterocycles. The monoisotopic (exact) mass is 309 g/mol. The normalized spacial score (nSPS) is 31.8. The van der Waals surface area contributed by atoms with Gasteiger partial charge in [-0.2, -0.15) is 0 Å². The van der Waals surface area contributed by atoms with E-state index < -0.39 is 36.5 Å². The number of nitrogens with two attached hydrogens (primary N) is 1. The molecule has 0 amide bonds. The summed E-state index contributed by atoms with van der Waals surface area (Å²) in [5.41, 5.74) is 3.42. The van der Waals surface area contributed by atoms with Gasteiger partial charge in [0.25, 0.3) is 0 Å². The molecular formula is C13H13FN4O4. The largest absolute Gasteiger partial charge is 0.394 e. The van der Waals surface area contributed by atoms with Crippen molar-refractivity contribution in [1.29, 1.82) is 0 Å². The van der Waals surface area contributed by atoms with E-state index >= 15 is 0 Å². The van der Waals surface area contributed by atoms with E-state index in [1.165, 1.54) is 0 Å². The maximum Gasteiger partial charge on any atom is 0.199 e. The number of rotatable bonds is 2. The zero-order valence-corrected chi connectivity index (χ0v) is 11.1. The summed E-state index contributed by atoms with van der Waals surface area (Å²) >= 11 is 0. The number of ether oxygens (including phenoxy) is 1. The van der Waals surface area contributed by atoms with Crippen molar-refractivity contribution in [2.75, 3.05) is 12.3 Å². The van der Waals surface area contributed by atoms with E-state index in [9.17, 15) is 19.7 Å².